The van der Waals surface area contributed by atoms with Gasteiger partial charge in [-0.3, -0.25) is 5.01 Å². The zero-order valence-corrected chi connectivity index (χ0v) is 24.4. The van der Waals surface area contributed by atoms with Crippen molar-refractivity contribution in [1.29, 1.82) is 0 Å². The van der Waals surface area contributed by atoms with Gasteiger partial charge in [0.25, 0.3) is 0 Å². The SMILES string of the molecule is Cc1cc(Nc2ncc(Cl)c(NC3CN(C)N=C3S(=O)(=O)C(C)C)n2)c(OC(C)C)cc1C1CCNCC1. The fourth-order valence-electron chi connectivity index (χ4n) is 4.76. The van der Waals surface area contributed by atoms with E-state index in [1.54, 1.807) is 25.9 Å². The predicted molar refractivity (Wildman–Crippen MR) is 154 cm³/mol. The fourth-order valence-corrected chi connectivity index (χ4v) is 6.18. The normalized spacial score (nSPS) is 18.7. The maximum Gasteiger partial charge on any atom is 0.229 e. The Hall–Kier alpha value is -2.63. The Morgan fingerprint density at radius 1 is 1.18 bits per heavy atom. The number of ether oxygens (including phenoxy) is 1. The second-order valence-corrected chi connectivity index (χ2v) is 13.3. The molecule has 1 atom stereocenters. The standard InChI is InChI=1S/C26H38ClN7O3S/c1-15(2)37-23-12-19(18-7-9-28-10-8-18)17(5)11-21(23)31-26-29-13-20(27)24(32-26)30-22-14-34(6)33-25(22)38(35,36)16(3)4/h11-13,15-16,18,22,28H,7-10,14H2,1-6H3,(H2,29,30,31,32). The second kappa shape index (κ2) is 11.6. The summed E-state index contributed by atoms with van der Waals surface area (Å²) in [6, 6.07) is 3.63. The van der Waals surface area contributed by atoms with Crippen molar-refractivity contribution in [2.24, 2.45) is 5.10 Å². The summed E-state index contributed by atoms with van der Waals surface area (Å²) in [6.07, 6.45) is 3.67. The van der Waals surface area contributed by atoms with Crippen LogP contribution < -0.4 is 20.7 Å². The van der Waals surface area contributed by atoms with Crippen LogP contribution in [0.5, 0.6) is 5.75 Å². The Bertz CT molecular complexity index is 1290. The first kappa shape index (κ1) is 28.4. The molecule has 3 heterocycles. The number of halogens is 1. The van der Waals surface area contributed by atoms with Crippen LogP contribution in [-0.4, -0.2) is 72.5 Å². The molecule has 208 valence electrons. The molecule has 3 N–H and O–H groups in total. The van der Waals surface area contributed by atoms with Gasteiger partial charge in [0.1, 0.15) is 16.8 Å². The second-order valence-electron chi connectivity index (χ2n) is 10.5. The van der Waals surface area contributed by atoms with Crippen molar-refractivity contribution in [3.8, 4) is 5.75 Å². The third-order valence-corrected chi connectivity index (χ3v) is 9.20. The number of hydrogen-bond acceptors (Lipinski definition) is 10. The summed E-state index contributed by atoms with van der Waals surface area (Å²) >= 11 is 6.42. The molecule has 0 radical (unpaired) electrons. The number of anilines is 3. The van der Waals surface area contributed by atoms with Gasteiger partial charge in [0.15, 0.2) is 20.7 Å². The van der Waals surface area contributed by atoms with Gasteiger partial charge in [0.05, 0.1) is 29.8 Å². The highest BCUT2D eigenvalue weighted by Crippen LogP contribution is 2.37. The van der Waals surface area contributed by atoms with Gasteiger partial charge in [-0.25, -0.2) is 13.4 Å². The van der Waals surface area contributed by atoms with Crippen molar-refractivity contribution >= 4 is 43.9 Å². The maximum absolute atomic E-state index is 12.9. The lowest BCUT2D eigenvalue weighted by atomic mass is 9.87. The van der Waals surface area contributed by atoms with Crippen molar-refractivity contribution in [1.82, 2.24) is 20.3 Å². The molecule has 0 bridgehead atoms. The van der Waals surface area contributed by atoms with Crippen LogP contribution in [0.1, 0.15) is 57.6 Å². The number of nitrogens with zero attached hydrogens (tertiary/aromatic N) is 4. The molecule has 38 heavy (non-hydrogen) atoms. The summed E-state index contributed by atoms with van der Waals surface area (Å²) < 4.78 is 31.9. The third kappa shape index (κ3) is 6.32. The molecule has 0 saturated carbocycles. The number of benzene rings is 1. The topological polar surface area (TPSA) is 121 Å². The van der Waals surface area contributed by atoms with E-state index in [-0.39, 0.29) is 16.2 Å². The third-order valence-electron chi connectivity index (χ3n) is 6.74. The molecule has 1 aromatic heterocycles. The van der Waals surface area contributed by atoms with Crippen LogP contribution in [0.25, 0.3) is 0 Å². The van der Waals surface area contributed by atoms with E-state index in [9.17, 15) is 8.42 Å². The van der Waals surface area contributed by atoms with Crippen LogP contribution in [-0.2, 0) is 9.84 Å². The molecular formula is C26H38ClN7O3S. The van der Waals surface area contributed by atoms with Crippen molar-refractivity contribution in [3.63, 3.8) is 0 Å². The van der Waals surface area contributed by atoms with Crippen LogP contribution in [0.2, 0.25) is 5.02 Å². The van der Waals surface area contributed by atoms with Crippen molar-refractivity contribution in [3.05, 3.63) is 34.5 Å². The van der Waals surface area contributed by atoms with E-state index in [0.717, 1.165) is 37.4 Å². The Balaban J connectivity index is 1.61. The first-order valence-electron chi connectivity index (χ1n) is 13.1. The first-order valence-corrected chi connectivity index (χ1v) is 15.0. The number of likely N-dealkylation sites (N-methyl/N-ethyl adjacent to an activating group) is 1. The molecule has 0 amide bonds. The maximum atomic E-state index is 12.9. The number of aryl methyl sites for hydroxylation is 1. The molecule has 2 aliphatic heterocycles. The van der Waals surface area contributed by atoms with Crippen LogP contribution in [0.15, 0.2) is 23.4 Å². The van der Waals surface area contributed by atoms with Gasteiger partial charge in [-0.05, 0) is 89.7 Å². The highest BCUT2D eigenvalue weighted by Gasteiger charge is 2.37. The number of hydrazone groups is 1. The predicted octanol–water partition coefficient (Wildman–Crippen LogP) is 4.30. The van der Waals surface area contributed by atoms with E-state index in [1.165, 1.54) is 17.3 Å². The monoisotopic (exact) mass is 563 g/mol. The summed E-state index contributed by atoms with van der Waals surface area (Å²) in [4.78, 5) is 8.95. The summed E-state index contributed by atoms with van der Waals surface area (Å²) in [5.74, 6) is 1.87. The first-order chi connectivity index (χ1) is 18.0. The van der Waals surface area contributed by atoms with E-state index in [1.807, 2.05) is 13.8 Å². The zero-order chi connectivity index (χ0) is 27.6. The summed E-state index contributed by atoms with van der Waals surface area (Å²) in [5, 5.41) is 15.5. The molecular weight excluding hydrogens is 526 g/mol. The molecule has 12 heteroatoms. The highest BCUT2D eigenvalue weighted by atomic mass is 35.5. The van der Waals surface area contributed by atoms with Gasteiger partial charge < -0.3 is 20.7 Å². The van der Waals surface area contributed by atoms with Crippen molar-refractivity contribution in [2.75, 3.05) is 37.3 Å². The van der Waals surface area contributed by atoms with E-state index in [0.29, 0.717) is 24.2 Å². The Labute approximate surface area is 230 Å². The molecule has 1 aromatic carbocycles. The molecule has 0 spiro atoms. The van der Waals surface area contributed by atoms with Crippen molar-refractivity contribution in [2.45, 2.75) is 70.8 Å². The van der Waals surface area contributed by atoms with Gasteiger partial charge in [0.2, 0.25) is 5.95 Å². The largest absolute Gasteiger partial charge is 0.489 e. The van der Waals surface area contributed by atoms with Crippen LogP contribution in [0.3, 0.4) is 0 Å². The molecule has 10 nitrogen and oxygen atoms in total. The summed E-state index contributed by atoms with van der Waals surface area (Å²) in [6.45, 7) is 11.8. The lowest BCUT2D eigenvalue weighted by Gasteiger charge is -2.26. The van der Waals surface area contributed by atoms with E-state index in [2.05, 4.69) is 50.1 Å². The quantitative estimate of drug-likeness (QED) is 0.431. The minimum Gasteiger partial charge on any atom is -0.489 e. The summed E-state index contributed by atoms with van der Waals surface area (Å²) in [5.41, 5.74) is 3.24. The average molecular weight is 564 g/mol. The number of rotatable bonds is 8. The van der Waals surface area contributed by atoms with Crippen LogP contribution in [0, 0.1) is 6.92 Å². The van der Waals surface area contributed by atoms with Crippen LogP contribution in [0.4, 0.5) is 17.5 Å². The van der Waals surface area contributed by atoms with Crippen molar-refractivity contribution < 1.29 is 13.2 Å². The Morgan fingerprint density at radius 2 is 1.89 bits per heavy atom. The lowest BCUT2D eigenvalue weighted by molar-refractivity contribution is 0.243. The molecule has 1 saturated heterocycles. The Kier molecular flexibility index (Phi) is 8.68. The zero-order valence-electron chi connectivity index (χ0n) is 22.9. The van der Waals surface area contributed by atoms with E-state index < -0.39 is 21.1 Å². The van der Waals surface area contributed by atoms with E-state index in [4.69, 9.17) is 16.3 Å². The molecule has 1 fully saturated rings. The minimum atomic E-state index is -3.56. The van der Waals surface area contributed by atoms with Gasteiger partial charge in [0, 0.05) is 7.05 Å². The molecule has 2 aliphatic rings. The van der Waals surface area contributed by atoms with Gasteiger partial charge in [-0.1, -0.05) is 11.6 Å². The van der Waals surface area contributed by atoms with Crippen LogP contribution >= 0.6 is 11.6 Å². The van der Waals surface area contributed by atoms with Gasteiger partial charge in [-0.2, -0.15) is 10.1 Å². The number of piperidine rings is 1. The highest BCUT2D eigenvalue weighted by molar-refractivity contribution is 8.07. The fraction of sp³-hybridized carbons (Fsp3) is 0.577. The van der Waals surface area contributed by atoms with Gasteiger partial charge in [-0.15, -0.1) is 0 Å². The molecule has 4 rings (SSSR count). The summed E-state index contributed by atoms with van der Waals surface area (Å²) in [7, 11) is -1.83. The Morgan fingerprint density at radius 3 is 2.55 bits per heavy atom. The molecule has 2 aromatic rings. The minimum absolute atomic E-state index is 0.0116. The smallest absolute Gasteiger partial charge is 0.229 e. The van der Waals surface area contributed by atoms with Gasteiger partial charge >= 0.3 is 0 Å². The lowest BCUT2D eigenvalue weighted by Crippen LogP contribution is -2.38. The number of sulfone groups is 1. The average Bonchev–Trinajstić information content (AvgIpc) is 3.23. The molecule has 1 unspecified atom stereocenters. The van der Waals surface area contributed by atoms with E-state index >= 15 is 0 Å². The number of nitrogens with one attached hydrogen (secondary N) is 3. The molecule has 0 aliphatic carbocycles. The number of aromatic nitrogens is 2. The number of hydrogen-bond donors (Lipinski definition) is 3.